The van der Waals surface area contributed by atoms with Gasteiger partial charge in [0.15, 0.2) is 0 Å². The van der Waals surface area contributed by atoms with Gasteiger partial charge >= 0.3 is 0 Å². The van der Waals surface area contributed by atoms with Gasteiger partial charge in [-0.15, -0.1) is 0 Å². The molecule has 1 aromatic rings. The van der Waals surface area contributed by atoms with E-state index in [0.29, 0.717) is 0 Å². The Kier molecular flexibility index (Phi) is 9.79. The highest BCUT2D eigenvalue weighted by atomic mass is 14.3. The van der Waals surface area contributed by atoms with Crippen LogP contribution in [0.2, 0.25) is 0 Å². The van der Waals surface area contributed by atoms with Crippen LogP contribution in [0.1, 0.15) is 103 Å². The van der Waals surface area contributed by atoms with Gasteiger partial charge in [-0.25, -0.2) is 0 Å². The first kappa shape index (κ1) is 21.5. The Hall–Kier alpha value is -0.780. The standard InChI is InChI=1S/C26H44/c1-5-8-24(20-26-13-11-22(4)12-14-26)10-7-9-23-15-17-25(18-16-23)19-21(3)6-2/h15-18,21-22,24,26H,5-14,19-20H2,1-4H3. The molecule has 0 spiro atoms. The first-order valence-corrected chi connectivity index (χ1v) is 11.7. The van der Waals surface area contributed by atoms with Gasteiger partial charge in [-0.1, -0.05) is 103 Å². The Morgan fingerprint density at radius 1 is 0.923 bits per heavy atom. The van der Waals surface area contributed by atoms with Crippen molar-refractivity contribution in [3.05, 3.63) is 35.4 Å². The molecule has 0 aromatic heterocycles. The quantitative estimate of drug-likeness (QED) is 0.374. The van der Waals surface area contributed by atoms with Crippen molar-refractivity contribution in [3.63, 3.8) is 0 Å². The van der Waals surface area contributed by atoms with Gasteiger partial charge in [-0.2, -0.15) is 0 Å². The van der Waals surface area contributed by atoms with Crippen LogP contribution < -0.4 is 0 Å². The molecular formula is C26H44. The van der Waals surface area contributed by atoms with E-state index in [1.165, 1.54) is 82.6 Å². The maximum absolute atomic E-state index is 2.44. The highest BCUT2D eigenvalue weighted by Crippen LogP contribution is 2.34. The molecule has 0 amide bonds. The van der Waals surface area contributed by atoms with E-state index < -0.39 is 0 Å². The van der Waals surface area contributed by atoms with Crippen molar-refractivity contribution in [1.29, 1.82) is 0 Å². The minimum Gasteiger partial charge on any atom is -0.0654 e. The average Bonchev–Trinajstić information content (AvgIpc) is 2.65. The smallest absolute Gasteiger partial charge is 0.0253 e. The second kappa shape index (κ2) is 11.8. The van der Waals surface area contributed by atoms with E-state index in [9.17, 15) is 0 Å². The molecule has 1 aliphatic rings. The molecule has 0 aliphatic heterocycles. The highest BCUT2D eigenvalue weighted by molar-refractivity contribution is 5.23. The molecule has 2 unspecified atom stereocenters. The van der Waals surface area contributed by atoms with Crippen molar-refractivity contribution >= 4 is 0 Å². The van der Waals surface area contributed by atoms with Crippen molar-refractivity contribution in [2.75, 3.05) is 0 Å². The Bertz CT molecular complexity index is 463. The number of hydrogen-bond acceptors (Lipinski definition) is 0. The molecule has 26 heavy (non-hydrogen) atoms. The Labute approximate surface area is 164 Å². The fourth-order valence-electron chi connectivity index (χ4n) is 4.81. The van der Waals surface area contributed by atoms with Gasteiger partial charge < -0.3 is 0 Å². The third kappa shape index (κ3) is 7.85. The van der Waals surface area contributed by atoms with Crippen molar-refractivity contribution < 1.29 is 0 Å². The van der Waals surface area contributed by atoms with E-state index >= 15 is 0 Å². The molecule has 0 heterocycles. The lowest BCUT2D eigenvalue weighted by Crippen LogP contribution is -2.16. The summed E-state index contributed by atoms with van der Waals surface area (Å²) in [6.45, 7) is 9.45. The topological polar surface area (TPSA) is 0 Å². The number of hydrogen-bond donors (Lipinski definition) is 0. The lowest BCUT2D eigenvalue weighted by molar-refractivity contribution is 0.232. The van der Waals surface area contributed by atoms with E-state index in [1.807, 2.05) is 0 Å². The molecule has 2 atom stereocenters. The van der Waals surface area contributed by atoms with Gasteiger partial charge in [-0.3, -0.25) is 0 Å². The molecule has 1 saturated carbocycles. The van der Waals surface area contributed by atoms with Crippen molar-refractivity contribution in [2.24, 2.45) is 23.7 Å². The van der Waals surface area contributed by atoms with Crippen molar-refractivity contribution in [2.45, 2.75) is 105 Å². The van der Waals surface area contributed by atoms with Crippen molar-refractivity contribution in [3.8, 4) is 0 Å². The van der Waals surface area contributed by atoms with Crippen LogP contribution in [0.25, 0.3) is 0 Å². The molecule has 1 fully saturated rings. The van der Waals surface area contributed by atoms with Crippen LogP contribution in [0.15, 0.2) is 24.3 Å². The molecule has 0 heteroatoms. The second-order valence-corrected chi connectivity index (χ2v) is 9.44. The summed E-state index contributed by atoms with van der Waals surface area (Å²) in [4.78, 5) is 0. The zero-order valence-corrected chi connectivity index (χ0v) is 18.1. The predicted molar refractivity (Wildman–Crippen MR) is 117 cm³/mol. The summed E-state index contributed by atoms with van der Waals surface area (Å²) in [5.74, 6) is 3.79. The molecule has 0 radical (unpaired) electrons. The molecule has 0 nitrogen and oxygen atoms in total. The maximum Gasteiger partial charge on any atom is -0.0253 e. The fraction of sp³-hybridized carbons (Fsp3) is 0.769. The van der Waals surface area contributed by atoms with Crippen LogP contribution in [-0.4, -0.2) is 0 Å². The lowest BCUT2D eigenvalue weighted by Gasteiger charge is -2.29. The molecule has 2 rings (SSSR count). The Balaban J connectivity index is 1.72. The molecular weight excluding hydrogens is 312 g/mol. The van der Waals surface area contributed by atoms with E-state index in [2.05, 4.69) is 52.0 Å². The summed E-state index contributed by atoms with van der Waals surface area (Å²) in [6.07, 6.45) is 16.9. The number of rotatable bonds is 11. The zero-order valence-electron chi connectivity index (χ0n) is 18.1. The molecule has 0 saturated heterocycles. The summed E-state index contributed by atoms with van der Waals surface area (Å²) in [5, 5.41) is 0. The monoisotopic (exact) mass is 356 g/mol. The lowest BCUT2D eigenvalue weighted by atomic mass is 9.77. The van der Waals surface area contributed by atoms with Gasteiger partial charge in [0, 0.05) is 0 Å². The minimum atomic E-state index is 0.804. The molecule has 0 bridgehead atoms. The second-order valence-electron chi connectivity index (χ2n) is 9.44. The van der Waals surface area contributed by atoms with Gasteiger partial charge in [-0.05, 0) is 60.5 Å². The summed E-state index contributed by atoms with van der Waals surface area (Å²) < 4.78 is 0. The van der Waals surface area contributed by atoms with Gasteiger partial charge in [0.05, 0.1) is 0 Å². The molecule has 1 aromatic carbocycles. The largest absolute Gasteiger partial charge is 0.0654 e. The van der Waals surface area contributed by atoms with Gasteiger partial charge in [0.2, 0.25) is 0 Å². The summed E-state index contributed by atoms with van der Waals surface area (Å²) in [7, 11) is 0. The van der Waals surface area contributed by atoms with Crippen LogP contribution >= 0.6 is 0 Å². The molecule has 148 valence electrons. The van der Waals surface area contributed by atoms with Crippen molar-refractivity contribution in [1.82, 2.24) is 0 Å². The van der Waals surface area contributed by atoms with Crippen LogP contribution in [0, 0.1) is 23.7 Å². The highest BCUT2D eigenvalue weighted by Gasteiger charge is 2.21. The SMILES string of the molecule is CCCC(CCCc1ccc(CC(C)CC)cc1)CC1CCC(C)CC1. The third-order valence-corrected chi connectivity index (χ3v) is 6.88. The summed E-state index contributed by atoms with van der Waals surface area (Å²) in [5.41, 5.74) is 3.05. The Morgan fingerprint density at radius 3 is 2.19 bits per heavy atom. The zero-order chi connectivity index (χ0) is 18.8. The van der Waals surface area contributed by atoms with E-state index in [4.69, 9.17) is 0 Å². The summed E-state index contributed by atoms with van der Waals surface area (Å²) in [6, 6.07) is 9.51. The maximum atomic E-state index is 2.44. The first-order valence-electron chi connectivity index (χ1n) is 11.7. The van der Waals surface area contributed by atoms with Crippen LogP contribution in [0.3, 0.4) is 0 Å². The van der Waals surface area contributed by atoms with E-state index in [1.54, 1.807) is 5.56 Å². The summed E-state index contributed by atoms with van der Waals surface area (Å²) >= 11 is 0. The van der Waals surface area contributed by atoms with Crippen LogP contribution in [0.5, 0.6) is 0 Å². The first-order chi connectivity index (χ1) is 12.6. The van der Waals surface area contributed by atoms with Crippen LogP contribution in [-0.2, 0) is 12.8 Å². The Morgan fingerprint density at radius 2 is 1.58 bits per heavy atom. The minimum absolute atomic E-state index is 0.804. The predicted octanol–water partition coefficient (Wildman–Crippen LogP) is 8.23. The van der Waals surface area contributed by atoms with E-state index in [0.717, 1.165) is 23.7 Å². The van der Waals surface area contributed by atoms with E-state index in [-0.39, 0.29) is 0 Å². The molecule has 0 N–H and O–H groups in total. The number of aryl methyl sites for hydroxylation is 1. The fourth-order valence-corrected chi connectivity index (χ4v) is 4.81. The van der Waals surface area contributed by atoms with Crippen LogP contribution in [0.4, 0.5) is 0 Å². The number of benzene rings is 1. The van der Waals surface area contributed by atoms with Gasteiger partial charge in [0.25, 0.3) is 0 Å². The third-order valence-electron chi connectivity index (χ3n) is 6.88. The molecule has 1 aliphatic carbocycles. The average molecular weight is 357 g/mol. The van der Waals surface area contributed by atoms with Gasteiger partial charge in [0.1, 0.15) is 0 Å². The normalized spacial score (nSPS) is 22.9.